The highest BCUT2D eigenvalue weighted by molar-refractivity contribution is 7.85. The Hall–Kier alpha value is -1.38. The van der Waals surface area contributed by atoms with Crippen LogP contribution in [-0.2, 0) is 10.1 Å². The van der Waals surface area contributed by atoms with E-state index in [1.54, 1.807) is 0 Å². The standard InChI is InChI=1S/C12H7Cl3N2O4S/c13-8-5-9(14)12(18)11(10(8)15)17-16-6-1-3-7(4-2-6)22(19,20)21/h1-5,18H,(H,19,20,21). The maximum Gasteiger partial charge on any atom is 0.294 e. The summed E-state index contributed by atoms with van der Waals surface area (Å²) in [4.78, 5) is -0.280. The zero-order valence-electron chi connectivity index (χ0n) is 10.5. The molecule has 0 aromatic heterocycles. The van der Waals surface area contributed by atoms with Gasteiger partial charge in [0.05, 0.1) is 25.7 Å². The van der Waals surface area contributed by atoms with Crippen LogP contribution in [0.3, 0.4) is 0 Å². The summed E-state index contributed by atoms with van der Waals surface area (Å²) in [6.45, 7) is 0. The first kappa shape index (κ1) is 17.0. The number of phenolic OH excluding ortho intramolecular Hbond substituents is 1. The van der Waals surface area contributed by atoms with E-state index in [9.17, 15) is 13.5 Å². The number of phenols is 1. The Bertz CT molecular complexity index is 825. The molecule has 2 N–H and O–H groups in total. The summed E-state index contributed by atoms with van der Waals surface area (Å²) in [5, 5.41) is 17.4. The van der Waals surface area contributed by atoms with Gasteiger partial charge in [-0.3, -0.25) is 4.55 Å². The van der Waals surface area contributed by atoms with Crippen molar-refractivity contribution in [1.82, 2.24) is 0 Å². The third-order valence-corrected chi connectivity index (χ3v) is 4.46. The molecular weight excluding hydrogens is 375 g/mol. The number of nitrogens with zero attached hydrogens (tertiary/aromatic N) is 2. The highest BCUT2D eigenvalue weighted by Gasteiger charge is 2.14. The van der Waals surface area contributed by atoms with Crippen molar-refractivity contribution in [2.75, 3.05) is 0 Å². The van der Waals surface area contributed by atoms with Crippen LogP contribution in [0, 0.1) is 0 Å². The van der Waals surface area contributed by atoms with Crippen molar-refractivity contribution in [3.63, 3.8) is 0 Å². The van der Waals surface area contributed by atoms with Crippen LogP contribution in [0.5, 0.6) is 5.75 Å². The predicted octanol–water partition coefficient (Wildman–Crippen LogP) is 5.01. The molecule has 0 spiro atoms. The predicted molar refractivity (Wildman–Crippen MR) is 83.6 cm³/mol. The molecule has 22 heavy (non-hydrogen) atoms. The summed E-state index contributed by atoms with van der Waals surface area (Å²) in [5.41, 5.74) is 0.150. The molecule has 0 bridgehead atoms. The molecular formula is C12H7Cl3N2O4S. The van der Waals surface area contributed by atoms with Gasteiger partial charge in [0.2, 0.25) is 0 Å². The fraction of sp³-hybridized carbons (Fsp3) is 0. The van der Waals surface area contributed by atoms with Gasteiger partial charge in [-0.05, 0) is 30.3 Å². The van der Waals surface area contributed by atoms with E-state index in [2.05, 4.69) is 10.2 Å². The molecule has 2 aromatic carbocycles. The molecule has 6 nitrogen and oxygen atoms in total. The van der Waals surface area contributed by atoms with Gasteiger partial charge in [0.1, 0.15) is 5.69 Å². The van der Waals surface area contributed by atoms with E-state index in [-0.39, 0.29) is 37.1 Å². The lowest BCUT2D eigenvalue weighted by atomic mass is 10.3. The van der Waals surface area contributed by atoms with Crippen molar-refractivity contribution in [3.05, 3.63) is 45.4 Å². The summed E-state index contributed by atoms with van der Waals surface area (Å²) in [5.74, 6) is -0.380. The van der Waals surface area contributed by atoms with E-state index in [4.69, 9.17) is 39.4 Å². The van der Waals surface area contributed by atoms with Gasteiger partial charge < -0.3 is 5.11 Å². The van der Waals surface area contributed by atoms with Gasteiger partial charge >= 0.3 is 0 Å². The molecule has 0 saturated heterocycles. The summed E-state index contributed by atoms with van der Waals surface area (Å²) in [6.07, 6.45) is 0. The van der Waals surface area contributed by atoms with Crippen molar-refractivity contribution >= 4 is 56.3 Å². The Morgan fingerprint density at radius 3 is 2.09 bits per heavy atom. The number of aromatic hydroxyl groups is 1. The highest BCUT2D eigenvalue weighted by atomic mass is 35.5. The minimum Gasteiger partial charge on any atom is -0.504 e. The SMILES string of the molecule is O=S(=O)(O)c1ccc(N=Nc2c(O)c(Cl)cc(Cl)c2Cl)cc1. The molecule has 10 heteroatoms. The number of azo groups is 1. The van der Waals surface area contributed by atoms with Crippen molar-refractivity contribution in [3.8, 4) is 5.75 Å². The smallest absolute Gasteiger partial charge is 0.294 e. The van der Waals surface area contributed by atoms with E-state index >= 15 is 0 Å². The summed E-state index contributed by atoms with van der Waals surface area (Å²) in [7, 11) is -4.28. The first-order valence-corrected chi connectivity index (χ1v) is 8.13. The van der Waals surface area contributed by atoms with Crippen molar-refractivity contribution < 1.29 is 18.1 Å². The lowest BCUT2D eigenvalue weighted by Crippen LogP contribution is -1.96. The monoisotopic (exact) mass is 380 g/mol. The Morgan fingerprint density at radius 2 is 1.55 bits per heavy atom. The molecule has 0 aliphatic heterocycles. The molecule has 2 rings (SSSR count). The Kier molecular flexibility index (Phi) is 4.93. The summed E-state index contributed by atoms with van der Waals surface area (Å²) < 4.78 is 30.7. The molecule has 116 valence electrons. The zero-order chi connectivity index (χ0) is 16.5. The minimum absolute atomic E-state index is 0.0260. The molecule has 0 saturated carbocycles. The summed E-state index contributed by atoms with van der Waals surface area (Å²) >= 11 is 17.5. The highest BCUT2D eigenvalue weighted by Crippen LogP contribution is 2.44. The van der Waals surface area contributed by atoms with Gasteiger partial charge in [-0.2, -0.15) is 13.5 Å². The van der Waals surface area contributed by atoms with Crippen LogP contribution in [0.25, 0.3) is 0 Å². The number of benzene rings is 2. The fourth-order valence-electron chi connectivity index (χ4n) is 1.46. The molecule has 0 atom stereocenters. The molecule has 0 heterocycles. The van der Waals surface area contributed by atoms with Gasteiger partial charge in [-0.1, -0.05) is 34.8 Å². The van der Waals surface area contributed by atoms with E-state index in [0.29, 0.717) is 0 Å². The lowest BCUT2D eigenvalue weighted by molar-refractivity contribution is 0.476. The lowest BCUT2D eigenvalue weighted by Gasteiger charge is -2.05. The molecule has 0 unspecified atom stereocenters. The van der Waals surface area contributed by atoms with E-state index < -0.39 is 10.1 Å². The van der Waals surface area contributed by atoms with Gasteiger partial charge in [0.15, 0.2) is 5.75 Å². The number of hydrogen-bond donors (Lipinski definition) is 2. The summed E-state index contributed by atoms with van der Waals surface area (Å²) in [6, 6.07) is 6.18. The molecule has 0 aliphatic carbocycles. The quantitative estimate of drug-likeness (QED) is 0.443. The van der Waals surface area contributed by atoms with Gasteiger partial charge in [-0.15, -0.1) is 5.11 Å². The van der Waals surface area contributed by atoms with Crippen LogP contribution >= 0.6 is 34.8 Å². The molecule has 0 aliphatic rings. The molecule has 0 fully saturated rings. The zero-order valence-corrected chi connectivity index (χ0v) is 13.6. The maximum atomic E-state index is 10.9. The second-order valence-electron chi connectivity index (χ2n) is 4.02. The topological polar surface area (TPSA) is 99.3 Å². The third-order valence-electron chi connectivity index (χ3n) is 2.52. The molecule has 0 amide bonds. The van der Waals surface area contributed by atoms with Crippen LogP contribution in [0.2, 0.25) is 15.1 Å². The minimum atomic E-state index is -4.28. The second kappa shape index (κ2) is 6.39. The Morgan fingerprint density at radius 1 is 0.955 bits per heavy atom. The normalized spacial score (nSPS) is 12.0. The average molecular weight is 382 g/mol. The van der Waals surface area contributed by atoms with Crippen LogP contribution in [0.1, 0.15) is 0 Å². The van der Waals surface area contributed by atoms with Gasteiger partial charge in [-0.25, -0.2) is 0 Å². The van der Waals surface area contributed by atoms with E-state index in [1.165, 1.54) is 18.2 Å². The number of halogens is 3. The van der Waals surface area contributed by atoms with Crippen LogP contribution < -0.4 is 0 Å². The van der Waals surface area contributed by atoms with Crippen LogP contribution in [-0.4, -0.2) is 18.1 Å². The average Bonchev–Trinajstić information content (AvgIpc) is 2.45. The van der Waals surface area contributed by atoms with Crippen LogP contribution in [0.15, 0.2) is 45.5 Å². The van der Waals surface area contributed by atoms with E-state index in [1.807, 2.05) is 0 Å². The first-order valence-electron chi connectivity index (χ1n) is 5.56. The largest absolute Gasteiger partial charge is 0.504 e. The number of hydrogen-bond acceptors (Lipinski definition) is 5. The fourth-order valence-corrected chi connectivity index (χ4v) is 2.57. The molecule has 0 radical (unpaired) electrons. The molecule has 2 aromatic rings. The van der Waals surface area contributed by atoms with Crippen molar-refractivity contribution in [2.24, 2.45) is 10.2 Å². The van der Waals surface area contributed by atoms with Crippen LogP contribution in [0.4, 0.5) is 11.4 Å². The third kappa shape index (κ3) is 3.68. The van der Waals surface area contributed by atoms with E-state index in [0.717, 1.165) is 12.1 Å². The first-order chi connectivity index (χ1) is 10.2. The maximum absolute atomic E-state index is 10.9. The van der Waals surface area contributed by atoms with Crippen molar-refractivity contribution in [2.45, 2.75) is 4.90 Å². The van der Waals surface area contributed by atoms with Crippen molar-refractivity contribution in [1.29, 1.82) is 0 Å². The number of rotatable bonds is 3. The van der Waals surface area contributed by atoms with Gasteiger partial charge in [0, 0.05) is 0 Å². The van der Waals surface area contributed by atoms with Gasteiger partial charge in [0.25, 0.3) is 10.1 Å². The second-order valence-corrected chi connectivity index (χ2v) is 6.63. The Labute approximate surface area is 140 Å². The Balaban J connectivity index is 2.38.